The van der Waals surface area contributed by atoms with Gasteiger partial charge in [-0.1, -0.05) is 96.7 Å². The summed E-state index contributed by atoms with van der Waals surface area (Å²) >= 11 is 6.46. The second kappa shape index (κ2) is 7.63. The summed E-state index contributed by atoms with van der Waals surface area (Å²) in [4.78, 5) is 0. The molecule has 0 amide bonds. The molecule has 0 fully saturated rings. The Hall–Kier alpha value is -3.39. The van der Waals surface area contributed by atoms with Gasteiger partial charge in [0.1, 0.15) is 0 Å². The zero-order valence-electron chi connectivity index (χ0n) is 17.1. The monoisotopic (exact) mass is 450 g/mol. The maximum atomic E-state index is 6.46. The number of fused-ring (bicyclic) bond motifs is 3. The van der Waals surface area contributed by atoms with Crippen molar-refractivity contribution in [2.24, 2.45) is 0 Å². The van der Waals surface area contributed by atoms with Gasteiger partial charge in [-0.2, -0.15) is 0 Å². The summed E-state index contributed by atoms with van der Waals surface area (Å²) in [6, 6.07) is 37.0. The zero-order chi connectivity index (χ0) is 21.5. The minimum atomic E-state index is -2.25. The third-order valence-corrected chi connectivity index (χ3v) is 10.7. The molecule has 6 rings (SSSR count). The van der Waals surface area contributed by atoms with Gasteiger partial charge < -0.3 is 9.47 Å². The molecule has 0 saturated carbocycles. The highest BCUT2D eigenvalue weighted by atomic mass is 32.4. The Bertz CT molecular complexity index is 1450. The summed E-state index contributed by atoms with van der Waals surface area (Å²) < 4.78 is 12.6. The van der Waals surface area contributed by atoms with Crippen LogP contribution in [0.15, 0.2) is 115 Å². The first kappa shape index (κ1) is 19.3. The first-order valence-electron chi connectivity index (χ1n) is 10.5. The van der Waals surface area contributed by atoms with Gasteiger partial charge in [0.15, 0.2) is 23.0 Å². The number of hydrogen-bond acceptors (Lipinski definition) is 3. The minimum Gasteiger partial charge on any atom is -0.449 e. The molecule has 1 aliphatic heterocycles. The van der Waals surface area contributed by atoms with Crippen molar-refractivity contribution in [2.75, 3.05) is 0 Å². The molecule has 2 nitrogen and oxygen atoms in total. The van der Waals surface area contributed by atoms with Crippen LogP contribution in [0.1, 0.15) is 0 Å². The van der Waals surface area contributed by atoms with E-state index in [2.05, 4.69) is 72.8 Å². The van der Waals surface area contributed by atoms with Gasteiger partial charge in [0.05, 0.1) is 0 Å². The predicted molar refractivity (Wildman–Crippen MR) is 137 cm³/mol. The van der Waals surface area contributed by atoms with Crippen molar-refractivity contribution in [2.45, 2.75) is 0 Å². The van der Waals surface area contributed by atoms with Gasteiger partial charge in [0.25, 0.3) is 0 Å². The Morgan fingerprint density at radius 1 is 0.438 bits per heavy atom. The first-order chi connectivity index (χ1) is 15.7. The molecule has 4 heteroatoms. The highest BCUT2D eigenvalue weighted by molar-refractivity contribution is 8.25. The van der Waals surface area contributed by atoms with Crippen molar-refractivity contribution in [3.8, 4) is 23.0 Å². The normalized spacial score (nSPS) is 12.4. The summed E-state index contributed by atoms with van der Waals surface area (Å²) in [6.07, 6.45) is 0. The number of ether oxygens (including phenoxy) is 2. The fourth-order valence-electron chi connectivity index (χ4n) is 4.17. The van der Waals surface area contributed by atoms with Crippen LogP contribution in [-0.2, 0) is 11.8 Å². The lowest BCUT2D eigenvalue weighted by atomic mass is 10.1. The average molecular weight is 450 g/mol. The van der Waals surface area contributed by atoms with E-state index in [-0.39, 0.29) is 0 Å². The molecule has 0 aromatic heterocycles. The maximum absolute atomic E-state index is 6.46. The molecule has 0 aliphatic carbocycles. The van der Waals surface area contributed by atoms with Crippen molar-refractivity contribution in [3.05, 3.63) is 115 Å². The molecular weight excluding hydrogens is 431 g/mol. The summed E-state index contributed by atoms with van der Waals surface area (Å²) in [5, 5.41) is 5.64. The molecule has 5 aromatic carbocycles. The van der Waals surface area contributed by atoms with E-state index in [1.165, 1.54) is 0 Å². The van der Waals surface area contributed by atoms with Crippen LogP contribution in [-0.4, -0.2) is 0 Å². The lowest BCUT2D eigenvalue weighted by Crippen LogP contribution is -2.25. The van der Waals surface area contributed by atoms with Crippen LogP contribution in [0.4, 0.5) is 0 Å². The van der Waals surface area contributed by atoms with E-state index >= 15 is 0 Å². The Kier molecular flexibility index (Phi) is 4.61. The highest BCUT2D eigenvalue weighted by Gasteiger charge is 2.28. The zero-order valence-corrected chi connectivity index (χ0v) is 18.9. The molecule has 32 heavy (non-hydrogen) atoms. The molecule has 0 atom stereocenters. The molecule has 1 heterocycles. The van der Waals surface area contributed by atoms with Crippen LogP contribution in [0.25, 0.3) is 10.8 Å². The first-order valence-corrected chi connectivity index (χ1v) is 13.3. The molecule has 0 N–H and O–H groups in total. The Labute approximate surface area is 192 Å². The third-order valence-electron chi connectivity index (χ3n) is 5.78. The number of benzene rings is 5. The van der Waals surface area contributed by atoms with Gasteiger partial charge in [-0.25, -0.2) is 0 Å². The second-order valence-electron chi connectivity index (χ2n) is 7.76. The van der Waals surface area contributed by atoms with Crippen molar-refractivity contribution in [1.82, 2.24) is 0 Å². The SMILES string of the molecule is S=P(c1ccccc1)(c1ccccc1)c1ccc2c(c1)Oc1cc3ccccc3cc1O2. The van der Waals surface area contributed by atoms with E-state index in [1.54, 1.807) is 0 Å². The molecule has 1 aliphatic rings. The summed E-state index contributed by atoms with van der Waals surface area (Å²) in [5.74, 6) is 2.86. The van der Waals surface area contributed by atoms with Crippen molar-refractivity contribution in [1.29, 1.82) is 0 Å². The lowest BCUT2D eigenvalue weighted by Gasteiger charge is -2.27. The van der Waals surface area contributed by atoms with Crippen molar-refractivity contribution < 1.29 is 9.47 Å². The number of hydrogen-bond donors (Lipinski definition) is 0. The van der Waals surface area contributed by atoms with Gasteiger partial charge in [-0.05, 0) is 57.0 Å². The van der Waals surface area contributed by atoms with Crippen LogP contribution in [0.5, 0.6) is 23.0 Å². The molecule has 0 unspecified atom stereocenters. The third kappa shape index (κ3) is 3.14. The lowest BCUT2D eigenvalue weighted by molar-refractivity contribution is 0.361. The van der Waals surface area contributed by atoms with Gasteiger partial charge in [-0.15, -0.1) is 0 Å². The fraction of sp³-hybridized carbons (Fsp3) is 0. The minimum absolute atomic E-state index is 0.700. The summed E-state index contributed by atoms with van der Waals surface area (Å²) in [7, 11) is 0. The molecule has 154 valence electrons. The van der Waals surface area contributed by atoms with E-state index in [9.17, 15) is 0 Å². The molecule has 0 spiro atoms. The van der Waals surface area contributed by atoms with Gasteiger partial charge >= 0.3 is 0 Å². The predicted octanol–water partition coefficient (Wildman–Crippen LogP) is 6.49. The topological polar surface area (TPSA) is 18.5 Å². The van der Waals surface area contributed by atoms with Crippen LogP contribution in [0.3, 0.4) is 0 Å². The molecular formula is C28H19O2PS. The van der Waals surface area contributed by atoms with Crippen molar-refractivity contribution >= 4 is 44.5 Å². The highest BCUT2D eigenvalue weighted by Crippen LogP contribution is 2.49. The number of rotatable bonds is 3. The van der Waals surface area contributed by atoms with Crippen LogP contribution in [0.2, 0.25) is 0 Å². The Balaban J connectivity index is 1.49. The van der Waals surface area contributed by atoms with E-state index < -0.39 is 6.04 Å². The summed E-state index contributed by atoms with van der Waals surface area (Å²) in [5.41, 5.74) is 0. The second-order valence-corrected chi connectivity index (χ2v) is 12.2. The molecule has 5 aromatic rings. The molecule has 0 bridgehead atoms. The fourth-order valence-corrected chi connectivity index (χ4v) is 7.91. The quantitative estimate of drug-likeness (QED) is 0.287. The van der Waals surface area contributed by atoms with Gasteiger partial charge in [0, 0.05) is 6.04 Å². The van der Waals surface area contributed by atoms with Crippen LogP contribution >= 0.6 is 6.04 Å². The Morgan fingerprint density at radius 2 is 0.906 bits per heavy atom. The van der Waals surface area contributed by atoms with E-state index in [0.29, 0.717) is 11.5 Å². The summed E-state index contributed by atoms with van der Waals surface area (Å²) in [6.45, 7) is 0. The standard InChI is InChI=1S/C28H19O2PS/c32-31(22-11-3-1-4-12-22,23-13-5-2-6-14-23)24-15-16-25-28(19-24)30-27-18-21-10-8-7-9-20(21)17-26(27)29-25/h1-19H. The smallest absolute Gasteiger partial charge is 0.170 e. The average Bonchev–Trinajstić information content (AvgIpc) is 2.86. The molecule has 0 radical (unpaired) electrons. The van der Waals surface area contributed by atoms with E-state index in [0.717, 1.165) is 38.2 Å². The largest absolute Gasteiger partial charge is 0.449 e. The van der Waals surface area contributed by atoms with Crippen molar-refractivity contribution in [3.63, 3.8) is 0 Å². The van der Waals surface area contributed by atoms with E-state index in [4.69, 9.17) is 21.3 Å². The van der Waals surface area contributed by atoms with Gasteiger partial charge in [0.2, 0.25) is 0 Å². The van der Waals surface area contributed by atoms with Crippen LogP contribution < -0.4 is 25.4 Å². The molecule has 0 saturated heterocycles. The van der Waals surface area contributed by atoms with Crippen LogP contribution in [0, 0.1) is 0 Å². The maximum Gasteiger partial charge on any atom is 0.170 e. The Morgan fingerprint density at radius 3 is 1.47 bits per heavy atom. The van der Waals surface area contributed by atoms with E-state index in [1.807, 2.05) is 42.5 Å². The van der Waals surface area contributed by atoms with Gasteiger partial charge in [-0.3, -0.25) is 0 Å².